The highest BCUT2D eigenvalue weighted by Crippen LogP contribution is 2.26. The van der Waals surface area contributed by atoms with Gasteiger partial charge in [0.1, 0.15) is 11.6 Å². The molecule has 2 aromatic carbocycles. The van der Waals surface area contributed by atoms with Gasteiger partial charge in [-0.05, 0) is 17.7 Å². The Labute approximate surface area is 115 Å². The van der Waals surface area contributed by atoms with E-state index in [1.54, 1.807) is 18.2 Å². The molecule has 6 heteroatoms. The second-order valence-electron chi connectivity index (χ2n) is 4.16. The molecule has 2 rings (SSSR count). The molecule has 0 saturated carbocycles. The topological polar surface area (TPSA) is 64.4 Å². The van der Waals surface area contributed by atoms with Crippen LogP contribution in [-0.4, -0.2) is 12.0 Å². The van der Waals surface area contributed by atoms with Crippen molar-refractivity contribution in [1.82, 2.24) is 0 Å². The summed E-state index contributed by atoms with van der Waals surface area (Å²) in [5.74, 6) is 0.103. The Balaban J connectivity index is 2.14. The number of anilines is 1. The van der Waals surface area contributed by atoms with Crippen molar-refractivity contribution < 1.29 is 14.1 Å². The first-order chi connectivity index (χ1) is 9.58. The van der Waals surface area contributed by atoms with Crippen molar-refractivity contribution in [2.24, 2.45) is 0 Å². The zero-order valence-corrected chi connectivity index (χ0v) is 10.8. The van der Waals surface area contributed by atoms with Gasteiger partial charge in [-0.3, -0.25) is 10.1 Å². The van der Waals surface area contributed by atoms with Crippen LogP contribution in [0.3, 0.4) is 0 Å². The summed E-state index contributed by atoms with van der Waals surface area (Å²) in [5.41, 5.74) is 1.39. The molecule has 0 atom stereocenters. The van der Waals surface area contributed by atoms with Crippen LogP contribution in [0.1, 0.15) is 5.56 Å². The third-order valence-corrected chi connectivity index (χ3v) is 2.75. The number of nitrogens with one attached hydrogen (secondary N) is 1. The molecule has 0 amide bonds. The van der Waals surface area contributed by atoms with Crippen LogP contribution in [0.15, 0.2) is 42.5 Å². The number of non-ortho nitro benzene ring substituents is 1. The van der Waals surface area contributed by atoms with E-state index in [0.29, 0.717) is 18.0 Å². The molecule has 5 nitrogen and oxygen atoms in total. The standard InChI is InChI=1S/C14H13FN2O3/c1-20-14-7-12(6-13(8-14)17(18)19)16-9-10-2-4-11(15)5-3-10/h2-8,16H,9H2,1H3. The lowest BCUT2D eigenvalue weighted by atomic mass is 10.2. The lowest BCUT2D eigenvalue weighted by molar-refractivity contribution is -0.384. The summed E-state index contributed by atoms with van der Waals surface area (Å²) in [6.45, 7) is 0.435. The Morgan fingerprint density at radius 1 is 1.25 bits per heavy atom. The second kappa shape index (κ2) is 6.01. The zero-order valence-electron chi connectivity index (χ0n) is 10.8. The Bertz CT molecular complexity index is 614. The van der Waals surface area contributed by atoms with E-state index in [1.807, 2.05) is 0 Å². The van der Waals surface area contributed by atoms with E-state index in [9.17, 15) is 14.5 Å². The normalized spacial score (nSPS) is 10.1. The fourth-order valence-electron chi connectivity index (χ4n) is 1.72. The van der Waals surface area contributed by atoms with Gasteiger partial charge in [0.05, 0.1) is 18.1 Å². The number of methoxy groups -OCH3 is 1. The maximum atomic E-state index is 12.8. The molecule has 0 aromatic heterocycles. The monoisotopic (exact) mass is 276 g/mol. The molecule has 0 radical (unpaired) electrons. The molecule has 0 aliphatic heterocycles. The first-order valence-electron chi connectivity index (χ1n) is 5.90. The minimum atomic E-state index is -0.481. The maximum absolute atomic E-state index is 12.8. The van der Waals surface area contributed by atoms with Crippen LogP contribution in [0.4, 0.5) is 15.8 Å². The Morgan fingerprint density at radius 3 is 2.55 bits per heavy atom. The van der Waals surface area contributed by atoms with Gasteiger partial charge in [-0.15, -0.1) is 0 Å². The number of halogens is 1. The van der Waals surface area contributed by atoms with Crippen molar-refractivity contribution in [2.45, 2.75) is 6.54 Å². The van der Waals surface area contributed by atoms with Crippen molar-refractivity contribution in [3.63, 3.8) is 0 Å². The van der Waals surface area contributed by atoms with Crippen LogP contribution in [0.2, 0.25) is 0 Å². The fourth-order valence-corrected chi connectivity index (χ4v) is 1.72. The first kappa shape index (κ1) is 13.8. The van der Waals surface area contributed by atoms with Gasteiger partial charge in [-0.2, -0.15) is 0 Å². The summed E-state index contributed by atoms with van der Waals surface area (Å²) in [7, 11) is 1.45. The molecule has 0 fully saturated rings. The third-order valence-electron chi connectivity index (χ3n) is 2.75. The number of hydrogen-bond acceptors (Lipinski definition) is 4. The average Bonchev–Trinajstić information content (AvgIpc) is 2.46. The number of nitro groups is 1. The van der Waals surface area contributed by atoms with Gasteiger partial charge in [0.25, 0.3) is 5.69 Å². The molecular weight excluding hydrogens is 263 g/mol. The van der Waals surface area contributed by atoms with Gasteiger partial charge in [0.15, 0.2) is 0 Å². The molecule has 20 heavy (non-hydrogen) atoms. The van der Waals surface area contributed by atoms with Gasteiger partial charge >= 0.3 is 0 Å². The van der Waals surface area contributed by atoms with Gasteiger partial charge < -0.3 is 10.1 Å². The van der Waals surface area contributed by atoms with Crippen LogP contribution in [0.25, 0.3) is 0 Å². The number of benzene rings is 2. The van der Waals surface area contributed by atoms with Gasteiger partial charge in [-0.1, -0.05) is 12.1 Å². The Morgan fingerprint density at radius 2 is 1.95 bits per heavy atom. The summed E-state index contributed by atoms with van der Waals surface area (Å²) in [6, 6.07) is 10.5. The van der Waals surface area contributed by atoms with E-state index in [4.69, 9.17) is 4.74 Å². The largest absolute Gasteiger partial charge is 0.496 e. The molecule has 0 bridgehead atoms. The Hall–Kier alpha value is -2.63. The van der Waals surface area contributed by atoms with Crippen molar-refractivity contribution in [3.05, 3.63) is 64.0 Å². The lowest BCUT2D eigenvalue weighted by Crippen LogP contribution is -2.01. The van der Waals surface area contributed by atoms with Gasteiger partial charge in [0.2, 0.25) is 0 Å². The number of hydrogen-bond donors (Lipinski definition) is 1. The molecule has 0 saturated heterocycles. The lowest BCUT2D eigenvalue weighted by Gasteiger charge is -2.08. The zero-order chi connectivity index (χ0) is 14.5. The van der Waals surface area contributed by atoms with E-state index >= 15 is 0 Å². The van der Waals surface area contributed by atoms with Gasteiger partial charge in [-0.25, -0.2) is 4.39 Å². The molecule has 104 valence electrons. The SMILES string of the molecule is COc1cc(NCc2ccc(F)cc2)cc([N+](=O)[O-])c1. The van der Waals surface area contributed by atoms with Crippen molar-refractivity contribution in [2.75, 3.05) is 12.4 Å². The summed E-state index contributed by atoms with van der Waals surface area (Å²) < 4.78 is 17.8. The summed E-state index contributed by atoms with van der Waals surface area (Å²) in [5, 5.41) is 13.9. The molecular formula is C14H13FN2O3. The van der Waals surface area contributed by atoms with E-state index in [0.717, 1.165) is 5.56 Å². The highest BCUT2D eigenvalue weighted by molar-refractivity contribution is 5.56. The van der Waals surface area contributed by atoms with Crippen LogP contribution in [-0.2, 0) is 6.54 Å². The first-order valence-corrected chi connectivity index (χ1v) is 5.90. The molecule has 0 spiro atoms. The van der Waals surface area contributed by atoms with E-state index in [2.05, 4.69) is 5.32 Å². The minimum absolute atomic E-state index is 0.0500. The summed E-state index contributed by atoms with van der Waals surface area (Å²) >= 11 is 0. The summed E-state index contributed by atoms with van der Waals surface area (Å²) in [4.78, 5) is 10.3. The number of rotatable bonds is 5. The van der Waals surface area contributed by atoms with Crippen LogP contribution >= 0.6 is 0 Å². The molecule has 0 unspecified atom stereocenters. The van der Waals surface area contributed by atoms with Crippen molar-refractivity contribution in [1.29, 1.82) is 0 Å². The molecule has 2 aromatic rings. The van der Waals surface area contributed by atoms with E-state index in [1.165, 1.54) is 31.4 Å². The average molecular weight is 276 g/mol. The number of nitrogens with zero attached hydrogens (tertiary/aromatic N) is 1. The number of nitro benzene ring substituents is 1. The van der Waals surface area contributed by atoms with Crippen molar-refractivity contribution >= 4 is 11.4 Å². The second-order valence-corrected chi connectivity index (χ2v) is 4.16. The highest BCUT2D eigenvalue weighted by Gasteiger charge is 2.10. The fraction of sp³-hybridized carbons (Fsp3) is 0.143. The van der Waals surface area contributed by atoms with Gasteiger partial charge in [0, 0.05) is 24.4 Å². The predicted molar refractivity (Wildman–Crippen MR) is 73.4 cm³/mol. The Kier molecular flexibility index (Phi) is 4.14. The third kappa shape index (κ3) is 3.44. The van der Waals surface area contributed by atoms with E-state index in [-0.39, 0.29) is 11.5 Å². The van der Waals surface area contributed by atoms with Crippen LogP contribution < -0.4 is 10.1 Å². The molecule has 0 aliphatic rings. The van der Waals surface area contributed by atoms with Crippen LogP contribution in [0, 0.1) is 15.9 Å². The van der Waals surface area contributed by atoms with Crippen LogP contribution in [0.5, 0.6) is 5.75 Å². The minimum Gasteiger partial charge on any atom is -0.496 e. The quantitative estimate of drug-likeness (QED) is 0.671. The molecule has 0 aliphatic carbocycles. The van der Waals surface area contributed by atoms with Crippen molar-refractivity contribution in [3.8, 4) is 5.75 Å². The highest BCUT2D eigenvalue weighted by atomic mass is 19.1. The smallest absolute Gasteiger partial charge is 0.275 e. The predicted octanol–water partition coefficient (Wildman–Crippen LogP) is 3.35. The molecule has 0 heterocycles. The maximum Gasteiger partial charge on any atom is 0.275 e. The number of ether oxygens (including phenoxy) is 1. The van der Waals surface area contributed by atoms with E-state index < -0.39 is 4.92 Å². The summed E-state index contributed by atoms with van der Waals surface area (Å²) in [6.07, 6.45) is 0. The molecule has 1 N–H and O–H groups in total.